The number of aromatic nitrogens is 1. The first-order chi connectivity index (χ1) is 14.4. The van der Waals surface area contributed by atoms with Crippen molar-refractivity contribution in [1.29, 1.82) is 0 Å². The highest BCUT2D eigenvalue weighted by atomic mass is 35.5. The highest BCUT2D eigenvalue weighted by Gasteiger charge is 2.08. The Morgan fingerprint density at radius 3 is 2.50 bits per heavy atom. The molecule has 0 bridgehead atoms. The maximum absolute atomic E-state index is 12.2. The number of amides is 2. The third kappa shape index (κ3) is 5.81. The summed E-state index contributed by atoms with van der Waals surface area (Å²) in [6, 6.07) is 16.1. The van der Waals surface area contributed by atoms with Crippen LogP contribution in [0.1, 0.15) is 28.0 Å². The normalized spacial score (nSPS) is 10.4. The van der Waals surface area contributed by atoms with Gasteiger partial charge in [0, 0.05) is 36.4 Å². The Morgan fingerprint density at radius 1 is 1.03 bits per heavy atom. The maximum Gasteiger partial charge on any atom is 0.269 e. The molecule has 0 spiro atoms. The first-order valence-corrected chi connectivity index (χ1v) is 9.83. The number of aryl methyl sites for hydroxylation is 2. The van der Waals surface area contributed by atoms with Crippen molar-refractivity contribution in [3.8, 4) is 11.5 Å². The molecular formula is C23H22ClN3O3. The second kappa shape index (κ2) is 9.89. The van der Waals surface area contributed by atoms with Crippen molar-refractivity contribution in [2.24, 2.45) is 0 Å². The number of carbonyl (C=O) groups excluding carboxylic acids is 2. The van der Waals surface area contributed by atoms with Crippen molar-refractivity contribution >= 4 is 29.1 Å². The van der Waals surface area contributed by atoms with Crippen LogP contribution in [0.5, 0.6) is 11.5 Å². The van der Waals surface area contributed by atoms with Crippen LogP contribution in [0, 0.1) is 6.92 Å². The Bertz CT molecular complexity index is 1050. The summed E-state index contributed by atoms with van der Waals surface area (Å²) in [7, 11) is 1.55. The van der Waals surface area contributed by atoms with Crippen LogP contribution < -0.4 is 15.4 Å². The lowest BCUT2D eigenvalue weighted by Gasteiger charge is -2.09. The predicted molar refractivity (Wildman–Crippen MR) is 117 cm³/mol. The number of pyridine rings is 1. The number of hydrogen-bond acceptors (Lipinski definition) is 4. The first kappa shape index (κ1) is 21.3. The molecule has 30 heavy (non-hydrogen) atoms. The number of benzene rings is 2. The van der Waals surface area contributed by atoms with E-state index in [0.717, 1.165) is 16.8 Å². The molecule has 154 valence electrons. The Hall–Kier alpha value is -3.38. The largest absolute Gasteiger partial charge is 0.457 e. The van der Waals surface area contributed by atoms with E-state index in [1.165, 1.54) is 6.20 Å². The molecule has 0 radical (unpaired) electrons. The molecule has 0 saturated heterocycles. The Labute approximate surface area is 180 Å². The lowest BCUT2D eigenvalue weighted by Crippen LogP contribution is -2.18. The van der Waals surface area contributed by atoms with Gasteiger partial charge < -0.3 is 15.4 Å². The lowest BCUT2D eigenvalue weighted by atomic mass is 10.1. The zero-order valence-electron chi connectivity index (χ0n) is 16.7. The van der Waals surface area contributed by atoms with Crippen molar-refractivity contribution in [1.82, 2.24) is 10.3 Å². The van der Waals surface area contributed by atoms with E-state index in [1.807, 2.05) is 37.3 Å². The van der Waals surface area contributed by atoms with Gasteiger partial charge in [-0.25, -0.2) is 0 Å². The molecule has 0 saturated carbocycles. The molecule has 0 unspecified atom stereocenters. The zero-order valence-corrected chi connectivity index (χ0v) is 17.5. The molecule has 7 heteroatoms. The van der Waals surface area contributed by atoms with Gasteiger partial charge >= 0.3 is 0 Å². The molecule has 1 aromatic heterocycles. The van der Waals surface area contributed by atoms with E-state index in [4.69, 9.17) is 16.3 Å². The number of carbonyl (C=O) groups is 2. The highest BCUT2D eigenvalue weighted by molar-refractivity contribution is 6.31. The van der Waals surface area contributed by atoms with Crippen LogP contribution in [0.3, 0.4) is 0 Å². The fourth-order valence-electron chi connectivity index (χ4n) is 2.79. The van der Waals surface area contributed by atoms with Gasteiger partial charge in [-0.2, -0.15) is 0 Å². The average Bonchev–Trinajstić information content (AvgIpc) is 2.75. The summed E-state index contributed by atoms with van der Waals surface area (Å²) in [6.07, 6.45) is 2.49. The van der Waals surface area contributed by atoms with Gasteiger partial charge in [-0.3, -0.25) is 14.6 Å². The van der Waals surface area contributed by atoms with E-state index in [-0.39, 0.29) is 17.5 Å². The van der Waals surface area contributed by atoms with Crippen LogP contribution in [0.25, 0.3) is 0 Å². The minimum atomic E-state index is -0.275. The molecular weight excluding hydrogens is 402 g/mol. The minimum absolute atomic E-state index is 0.0597. The van der Waals surface area contributed by atoms with Gasteiger partial charge in [0.2, 0.25) is 5.91 Å². The fraction of sp³-hybridized carbons (Fsp3) is 0.174. The predicted octanol–water partition coefficient (Wildman–Crippen LogP) is 4.77. The number of hydrogen-bond donors (Lipinski definition) is 2. The Balaban J connectivity index is 1.53. The quantitative estimate of drug-likeness (QED) is 0.573. The summed E-state index contributed by atoms with van der Waals surface area (Å²) in [4.78, 5) is 27.9. The summed E-state index contributed by atoms with van der Waals surface area (Å²) in [5, 5.41) is 6.08. The van der Waals surface area contributed by atoms with Crippen LogP contribution in [0.4, 0.5) is 5.69 Å². The van der Waals surface area contributed by atoms with Gasteiger partial charge in [0.15, 0.2) is 0 Å². The number of nitrogens with zero attached hydrogens (tertiary/aromatic N) is 1. The van der Waals surface area contributed by atoms with Gasteiger partial charge in [0.05, 0.1) is 0 Å². The van der Waals surface area contributed by atoms with E-state index in [1.54, 1.807) is 31.3 Å². The van der Waals surface area contributed by atoms with Gasteiger partial charge in [-0.05, 0) is 60.9 Å². The molecule has 2 aromatic carbocycles. The van der Waals surface area contributed by atoms with Gasteiger partial charge in [-0.15, -0.1) is 0 Å². The second-order valence-electron chi connectivity index (χ2n) is 6.71. The highest BCUT2D eigenvalue weighted by Crippen LogP contribution is 2.23. The molecule has 3 aromatic rings. The van der Waals surface area contributed by atoms with E-state index < -0.39 is 0 Å². The van der Waals surface area contributed by atoms with Crippen LogP contribution >= 0.6 is 11.6 Å². The van der Waals surface area contributed by atoms with Crippen LogP contribution in [0.15, 0.2) is 60.8 Å². The van der Waals surface area contributed by atoms with Crippen molar-refractivity contribution in [2.45, 2.75) is 19.8 Å². The summed E-state index contributed by atoms with van der Waals surface area (Å²) < 4.78 is 5.78. The lowest BCUT2D eigenvalue weighted by molar-refractivity contribution is -0.116. The average molecular weight is 424 g/mol. The molecule has 1 heterocycles. The Morgan fingerprint density at radius 2 is 1.80 bits per heavy atom. The number of halogens is 1. The topological polar surface area (TPSA) is 80.3 Å². The zero-order chi connectivity index (χ0) is 21.5. The van der Waals surface area contributed by atoms with E-state index >= 15 is 0 Å². The van der Waals surface area contributed by atoms with Crippen LogP contribution in [-0.2, 0) is 11.2 Å². The molecule has 0 fully saturated rings. The first-order valence-electron chi connectivity index (χ1n) is 9.45. The smallest absolute Gasteiger partial charge is 0.269 e. The molecule has 2 N–H and O–H groups in total. The van der Waals surface area contributed by atoms with Crippen molar-refractivity contribution < 1.29 is 14.3 Å². The van der Waals surface area contributed by atoms with E-state index in [2.05, 4.69) is 15.6 Å². The van der Waals surface area contributed by atoms with Crippen molar-refractivity contribution in [2.75, 3.05) is 12.4 Å². The van der Waals surface area contributed by atoms with Crippen molar-refractivity contribution in [3.63, 3.8) is 0 Å². The number of ether oxygens (including phenoxy) is 1. The third-order valence-corrected chi connectivity index (χ3v) is 4.86. The summed E-state index contributed by atoms with van der Waals surface area (Å²) >= 11 is 6.01. The van der Waals surface area contributed by atoms with E-state index in [9.17, 15) is 9.59 Å². The monoisotopic (exact) mass is 423 g/mol. The molecule has 0 aliphatic carbocycles. The molecule has 0 atom stereocenters. The van der Waals surface area contributed by atoms with Crippen LogP contribution in [-0.4, -0.2) is 23.8 Å². The number of nitrogens with one attached hydrogen (secondary N) is 2. The van der Waals surface area contributed by atoms with Gasteiger partial charge in [0.1, 0.15) is 17.2 Å². The van der Waals surface area contributed by atoms with Crippen LogP contribution in [0.2, 0.25) is 5.02 Å². The molecule has 3 rings (SSSR count). The third-order valence-electron chi connectivity index (χ3n) is 4.43. The van der Waals surface area contributed by atoms with Crippen molar-refractivity contribution in [3.05, 3.63) is 82.6 Å². The maximum atomic E-state index is 12.2. The minimum Gasteiger partial charge on any atom is -0.457 e. The van der Waals surface area contributed by atoms with Gasteiger partial charge in [-0.1, -0.05) is 23.7 Å². The fourth-order valence-corrected chi connectivity index (χ4v) is 2.91. The van der Waals surface area contributed by atoms with E-state index in [0.29, 0.717) is 29.4 Å². The SMILES string of the molecule is CNC(=O)c1cc(Oc2ccc(CCC(=O)Nc3ccc(Cl)c(C)c3)cc2)ccn1. The molecule has 0 aliphatic rings. The summed E-state index contributed by atoms with van der Waals surface area (Å²) in [6.45, 7) is 1.90. The summed E-state index contributed by atoms with van der Waals surface area (Å²) in [5.41, 5.74) is 2.96. The molecule has 0 aliphatic heterocycles. The standard InChI is InChI=1S/C23H22ClN3O3/c1-15-13-17(6-9-20(15)24)27-22(28)10-5-16-3-7-18(8-4-16)30-19-11-12-26-21(14-19)23(29)25-2/h3-4,6-9,11-14H,5,10H2,1-2H3,(H,25,29)(H,27,28). The van der Waals surface area contributed by atoms with Gasteiger partial charge in [0.25, 0.3) is 5.91 Å². The number of anilines is 1. The molecule has 6 nitrogen and oxygen atoms in total. The number of rotatable bonds is 7. The molecule has 2 amide bonds. The second-order valence-corrected chi connectivity index (χ2v) is 7.12. The summed E-state index contributed by atoms with van der Waals surface area (Å²) in [5.74, 6) is 0.821. The Kier molecular flexibility index (Phi) is 7.03.